The molecule has 0 atom stereocenters. The molecule has 0 aliphatic rings. The summed E-state index contributed by atoms with van der Waals surface area (Å²) in [5, 5.41) is 19.0. The van der Waals surface area contributed by atoms with E-state index in [0.717, 1.165) is 6.07 Å². The first-order chi connectivity index (χ1) is 8.97. The van der Waals surface area contributed by atoms with Gasteiger partial charge in [-0.3, -0.25) is 19.7 Å². The van der Waals surface area contributed by atoms with Crippen molar-refractivity contribution in [3.05, 3.63) is 32.8 Å². The summed E-state index contributed by atoms with van der Waals surface area (Å²) in [6.45, 7) is 0.0854. The lowest BCUT2D eigenvalue weighted by Gasteiger charge is -2.08. The summed E-state index contributed by atoms with van der Waals surface area (Å²) >= 11 is 5.82. The minimum atomic E-state index is -0.952. The molecule has 1 aromatic carbocycles. The number of hydrogen-bond donors (Lipinski definition) is 1. The zero-order valence-corrected chi connectivity index (χ0v) is 11.6. The number of rotatable bonds is 7. The smallest absolute Gasteiger partial charge is 0.303 e. The molecule has 0 saturated carbocycles. The van der Waals surface area contributed by atoms with Crippen molar-refractivity contribution in [1.82, 2.24) is 0 Å². The molecule has 0 unspecified atom stereocenters. The van der Waals surface area contributed by atoms with Gasteiger partial charge in [0.25, 0.3) is 5.69 Å². The maximum atomic E-state index is 10.8. The summed E-state index contributed by atoms with van der Waals surface area (Å²) in [7, 11) is 0. The van der Waals surface area contributed by atoms with Crippen molar-refractivity contribution in [1.29, 1.82) is 0 Å². The van der Waals surface area contributed by atoms with Gasteiger partial charge in [0, 0.05) is 12.5 Å². The molecule has 9 heteroatoms. The van der Waals surface area contributed by atoms with Crippen LogP contribution in [-0.4, -0.2) is 28.9 Å². The van der Waals surface area contributed by atoms with E-state index in [-0.39, 0.29) is 54.5 Å². The van der Waals surface area contributed by atoms with Crippen LogP contribution < -0.4 is 4.74 Å². The zero-order chi connectivity index (χ0) is 14.4. The first-order valence-electron chi connectivity index (χ1n) is 5.24. The number of carboxylic acid groups (broad SMARTS) is 1. The standard InChI is InChI=1S/C11H10ClNO6.ClH/c12-11-7(6-14)8(13(17)18)3-4-9(11)19-5-1-2-10(15)16;/h3-4,6H,1-2,5H2,(H,15,16);1H. The molecule has 0 radical (unpaired) electrons. The molecule has 0 fully saturated rings. The van der Waals surface area contributed by atoms with Crippen LogP contribution in [0.3, 0.4) is 0 Å². The van der Waals surface area contributed by atoms with Crippen molar-refractivity contribution >= 4 is 42.0 Å². The van der Waals surface area contributed by atoms with Crippen LogP contribution in [0.4, 0.5) is 5.69 Å². The van der Waals surface area contributed by atoms with Crippen molar-refractivity contribution in [3.63, 3.8) is 0 Å². The maximum absolute atomic E-state index is 10.8. The van der Waals surface area contributed by atoms with Gasteiger partial charge in [0.15, 0.2) is 6.29 Å². The lowest BCUT2D eigenvalue weighted by molar-refractivity contribution is -0.385. The van der Waals surface area contributed by atoms with Crippen molar-refractivity contribution in [2.45, 2.75) is 12.8 Å². The lowest BCUT2D eigenvalue weighted by Crippen LogP contribution is -2.04. The van der Waals surface area contributed by atoms with E-state index in [4.69, 9.17) is 21.4 Å². The Hall–Kier alpha value is -1.86. The fourth-order valence-electron chi connectivity index (χ4n) is 1.35. The zero-order valence-electron chi connectivity index (χ0n) is 10.1. The van der Waals surface area contributed by atoms with Gasteiger partial charge in [-0.15, -0.1) is 12.4 Å². The monoisotopic (exact) mass is 323 g/mol. The number of benzene rings is 1. The summed E-state index contributed by atoms with van der Waals surface area (Å²) in [6.07, 6.45) is 0.481. The van der Waals surface area contributed by atoms with Crippen LogP contribution in [-0.2, 0) is 4.79 Å². The lowest BCUT2D eigenvalue weighted by atomic mass is 10.2. The average Bonchev–Trinajstić information content (AvgIpc) is 2.35. The highest BCUT2D eigenvalue weighted by Crippen LogP contribution is 2.33. The molecule has 1 N–H and O–H groups in total. The van der Waals surface area contributed by atoms with Crippen molar-refractivity contribution in [2.75, 3.05) is 6.61 Å². The van der Waals surface area contributed by atoms with E-state index in [1.54, 1.807) is 0 Å². The molecule has 0 aromatic heterocycles. The first kappa shape index (κ1) is 18.1. The number of hydrogen-bond acceptors (Lipinski definition) is 5. The molecule has 0 aliphatic heterocycles. The van der Waals surface area contributed by atoms with Gasteiger partial charge in [-0.1, -0.05) is 11.6 Å². The number of carboxylic acids is 1. The van der Waals surface area contributed by atoms with Gasteiger partial charge >= 0.3 is 5.97 Å². The van der Waals surface area contributed by atoms with Gasteiger partial charge in [0.2, 0.25) is 0 Å². The van der Waals surface area contributed by atoms with Crippen LogP contribution in [0.5, 0.6) is 5.75 Å². The van der Waals surface area contributed by atoms with E-state index >= 15 is 0 Å². The molecule has 110 valence electrons. The van der Waals surface area contributed by atoms with Crippen molar-refractivity contribution < 1.29 is 24.4 Å². The number of aldehydes is 1. The Morgan fingerprint density at radius 3 is 2.65 bits per heavy atom. The Labute approximate surface area is 125 Å². The van der Waals surface area contributed by atoms with Gasteiger partial charge in [0.05, 0.1) is 11.5 Å². The minimum Gasteiger partial charge on any atom is -0.492 e. The predicted octanol–water partition coefficient (Wildman–Crippen LogP) is 2.73. The third-order valence-electron chi connectivity index (χ3n) is 2.23. The highest BCUT2D eigenvalue weighted by molar-refractivity contribution is 6.34. The fourth-order valence-corrected chi connectivity index (χ4v) is 1.61. The number of ether oxygens (including phenoxy) is 1. The summed E-state index contributed by atoms with van der Waals surface area (Å²) in [5.41, 5.74) is -0.666. The number of halogens is 2. The third-order valence-corrected chi connectivity index (χ3v) is 2.62. The average molecular weight is 324 g/mol. The van der Waals surface area contributed by atoms with Crippen LogP contribution in [0.25, 0.3) is 0 Å². The first-order valence-corrected chi connectivity index (χ1v) is 5.61. The van der Waals surface area contributed by atoms with Gasteiger partial charge in [-0.2, -0.15) is 0 Å². The van der Waals surface area contributed by atoms with Gasteiger partial charge < -0.3 is 9.84 Å². The Kier molecular flexibility index (Phi) is 7.56. The van der Waals surface area contributed by atoms with E-state index in [2.05, 4.69) is 0 Å². The molecule has 1 aromatic rings. The number of carbonyl (C=O) groups excluding carboxylic acids is 1. The van der Waals surface area contributed by atoms with E-state index < -0.39 is 16.6 Å². The van der Waals surface area contributed by atoms with Crippen LogP contribution >= 0.6 is 24.0 Å². The van der Waals surface area contributed by atoms with Crippen LogP contribution in [0.2, 0.25) is 5.02 Å². The molecule has 20 heavy (non-hydrogen) atoms. The Morgan fingerprint density at radius 2 is 2.15 bits per heavy atom. The van der Waals surface area contributed by atoms with Gasteiger partial charge in [-0.25, -0.2) is 0 Å². The van der Waals surface area contributed by atoms with Gasteiger partial charge in [-0.05, 0) is 12.5 Å². The molecule has 0 spiro atoms. The Morgan fingerprint density at radius 1 is 1.50 bits per heavy atom. The van der Waals surface area contributed by atoms with Gasteiger partial charge in [0.1, 0.15) is 16.3 Å². The Balaban J connectivity index is 0.00000361. The summed E-state index contributed by atoms with van der Waals surface area (Å²) in [4.78, 5) is 31.0. The van der Waals surface area contributed by atoms with Crippen LogP contribution in [0.1, 0.15) is 23.2 Å². The highest BCUT2D eigenvalue weighted by atomic mass is 35.5. The third kappa shape index (κ3) is 4.67. The number of nitro benzene ring substituents is 1. The summed E-state index contributed by atoms with van der Waals surface area (Å²) in [6, 6.07) is 2.39. The molecule has 0 aliphatic carbocycles. The SMILES string of the molecule is Cl.O=Cc1c([N+](=O)[O-])ccc(OCCCC(=O)O)c1Cl. The summed E-state index contributed by atoms with van der Waals surface area (Å²) in [5.74, 6) is -0.841. The second-order valence-corrected chi connectivity index (χ2v) is 3.91. The molecule has 1 rings (SSSR count). The van der Waals surface area contributed by atoms with E-state index in [1.807, 2.05) is 0 Å². The maximum Gasteiger partial charge on any atom is 0.303 e. The molecule has 0 bridgehead atoms. The summed E-state index contributed by atoms with van der Waals surface area (Å²) < 4.78 is 5.19. The second-order valence-electron chi connectivity index (χ2n) is 3.53. The molecule has 0 heterocycles. The predicted molar refractivity (Wildman–Crippen MR) is 73.1 cm³/mol. The topological polar surface area (TPSA) is 107 Å². The van der Waals surface area contributed by atoms with E-state index in [0.29, 0.717) is 0 Å². The molecule has 7 nitrogen and oxygen atoms in total. The molecular formula is C11H11Cl2NO6. The van der Waals surface area contributed by atoms with Crippen molar-refractivity contribution in [2.24, 2.45) is 0 Å². The molecule has 0 amide bonds. The number of carbonyl (C=O) groups is 2. The Bertz CT molecular complexity index is 520. The number of nitro groups is 1. The van der Waals surface area contributed by atoms with E-state index in [9.17, 15) is 19.7 Å². The van der Waals surface area contributed by atoms with E-state index in [1.165, 1.54) is 6.07 Å². The molecular weight excluding hydrogens is 313 g/mol. The number of aliphatic carboxylic acids is 1. The number of nitrogens with zero attached hydrogens (tertiary/aromatic N) is 1. The largest absolute Gasteiger partial charge is 0.492 e. The van der Waals surface area contributed by atoms with Crippen LogP contribution in [0.15, 0.2) is 12.1 Å². The van der Waals surface area contributed by atoms with Crippen LogP contribution in [0, 0.1) is 10.1 Å². The quantitative estimate of drug-likeness (QED) is 0.358. The fraction of sp³-hybridized carbons (Fsp3) is 0.273. The highest BCUT2D eigenvalue weighted by Gasteiger charge is 2.20. The molecule has 0 saturated heterocycles. The second kappa shape index (κ2) is 8.34. The minimum absolute atomic E-state index is 0. The van der Waals surface area contributed by atoms with Crippen molar-refractivity contribution in [3.8, 4) is 5.75 Å². The normalized spacial score (nSPS) is 9.45.